The molecule has 0 spiro atoms. The number of nitrogens with zero attached hydrogens (tertiary/aromatic N) is 1. The first-order valence-corrected chi connectivity index (χ1v) is 10.5. The molecule has 1 saturated carbocycles. The van der Waals surface area contributed by atoms with Crippen LogP contribution in [0.25, 0.3) is 10.6 Å². The molecule has 0 bridgehead atoms. The smallest absolute Gasteiger partial charge is 0.271 e. The lowest BCUT2D eigenvalue weighted by molar-refractivity contribution is 0.338. The number of benzene rings is 1. The minimum absolute atomic E-state index is 0.221. The molecular formula is C17H15ClN2O3S2. The molecule has 1 aliphatic rings. The Morgan fingerprint density at radius 2 is 1.92 bits per heavy atom. The second-order valence-electron chi connectivity index (χ2n) is 5.92. The van der Waals surface area contributed by atoms with Crippen LogP contribution in [-0.4, -0.2) is 13.4 Å². The molecule has 1 aliphatic carbocycles. The third kappa shape index (κ3) is 3.44. The highest BCUT2D eigenvalue weighted by atomic mass is 35.5. The zero-order valence-corrected chi connectivity index (χ0v) is 15.5. The molecule has 2 aromatic heterocycles. The van der Waals surface area contributed by atoms with E-state index in [1.807, 2.05) is 0 Å². The van der Waals surface area contributed by atoms with E-state index in [1.165, 1.54) is 6.42 Å². The third-order valence-corrected chi connectivity index (χ3v) is 7.39. The average molecular weight is 395 g/mol. The van der Waals surface area contributed by atoms with Crippen LogP contribution in [0.15, 0.2) is 51.2 Å². The topological polar surface area (TPSA) is 72.2 Å². The van der Waals surface area contributed by atoms with Crippen LogP contribution in [0.1, 0.15) is 31.1 Å². The molecule has 0 saturated heterocycles. The molecule has 8 heteroatoms. The Morgan fingerprint density at radius 3 is 2.60 bits per heavy atom. The summed E-state index contributed by atoms with van der Waals surface area (Å²) in [4.78, 5) is 5.07. The van der Waals surface area contributed by atoms with Crippen molar-refractivity contribution in [2.75, 3.05) is 4.72 Å². The summed E-state index contributed by atoms with van der Waals surface area (Å²) < 4.78 is 33.6. The molecular weight excluding hydrogens is 380 g/mol. The number of anilines is 1. The van der Waals surface area contributed by atoms with Crippen molar-refractivity contribution in [1.82, 2.24) is 4.98 Å². The van der Waals surface area contributed by atoms with Gasteiger partial charge in [0.1, 0.15) is 4.21 Å². The van der Waals surface area contributed by atoms with E-state index >= 15 is 0 Å². The zero-order chi connectivity index (χ0) is 17.4. The van der Waals surface area contributed by atoms with Crippen LogP contribution in [-0.2, 0) is 10.0 Å². The predicted molar refractivity (Wildman–Crippen MR) is 98.7 cm³/mol. The molecule has 130 valence electrons. The quantitative estimate of drug-likeness (QED) is 0.651. The highest BCUT2D eigenvalue weighted by Gasteiger charge is 2.25. The van der Waals surface area contributed by atoms with Crippen molar-refractivity contribution in [3.63, 3.8) is 0 Å². The number of sulfonamides is 1. The van der Waals surface area contributed by atoms with Gasteiger partial charge in [0.25, 0.3) is 10.0 Å². The van der Waals surface area contributed by atoms with Crippen molar-refractivity contribution in [1.29, 1.82) is 0 Å². The first-order chi connectivity index (χ1) is 12.0. The Kier molecular flexibility index (Phi) is 4.31. The summed E-state index contributed by atoms with van der Waals surface area (Å²) in [5.41, 5.74) is 0.464. The molecule has 0 amide bonds. The van der Waals surface area contributed by atoms with Gasteiger partial charge in [-0.25, -0.2) is 13.4 Å². The monoisotopic (exact) mass is 394 g/mol. The molecule has 2 heterocycles. The van der Waals surface area contributed by atoms with Crippen molar-refractivity contribution in [3.05, 3.63) is 53.5 Å². The van der Waals surface area contributed by atoms with E-state index in [0.29, 0.717) is 22.4 Å². The lowest BCUT2D eigenvalue weighted by atomic mass is 9.85. The largest absolute Gasteiger partial charge is 0.440 e. The standard InChI is InChI=1S/C17H15ClN2O3S2/c18-12-4-6-13(7-5-12)20-25(21,22)16-9-8-15(24-16)14-10-19-17(23-14)11-2-1-3-11/h4-11,20H,1-3H2. The van der Waals surface area contributed by atoms with Crippen LogP contribution in [0.4, 0.5) is 5.69 Å². The Hall–Kier alpha value is -1.83. The van der Waals surface area contributed by atoms with Gasteiger partial charge in [-0.05, 0) is 49.2 Å². The van der Waals surface area contributed by atoms with Crippen molar-refractivity contribution in [3.8, 4) is 10.6 Å². The average Bonchev–Trinajstić information content (AvgIpc) is 3.17. The van der Waals surface area contributed by atoms with E-state index in [-0.39, 0.29) is 4.21 Å². The van der Waals surface area contributed by atoms with E-state index in [1.54, 1.807) is 42.6 Å². The number of oxazole rings is 1. The molecule has 0 radical (unpaired) electrons. The van der Waals surface area contributed by atoms with Gasteiger partial charge in [-0.1, -0.05) is 18.0 Å². The van der Waals surface area contributed by atoms with E-state index in [2.05, 4.69) is 9.71 Å². The number of thiophene rings is 1. The summed E-state index contributed by atoms with van der Waals surface area (Å²) in [5.74, 6) is 1.77. The molecule has 5 nitrogen and oxygen atoms in total. The van der Waals surface area contributed by atoms with Crippen molar-refractivity contribution < 1.29 is 12.8 Å². The fourth-order valence-corrected chi connectivity index (χ4v) is 5.00. The predicted octanol–water partition coefficient (Wildman–Crippen LogP) is 5.12. The molecule has 0 atom stereocenters. The molecule has 25 heavy (non-hydrogen) atoms. The van der Waals surface area contributed by atoms with Crippen molar-refractivity contribution in [2.24, 2.45) is 0 Å². The van der Waals surface area contributed by atoms with Crippen LogP contribution < -0.4 is 4.72 Å². The first kappa shape index (κ1) is 16.6. The van der Waals surface area contributed by atoms with Gasteiger partial charge >= 0.3 is 0 Å². The second-order valence-corrected chi connectivity index (χ2v) is 9.35. The minimum Gasteiger partial charge on any atom is -0.440 e. The Bertz CT molecular complexity index is 989. The molecule has 0 unspecified atom stereocenters. The lowest BCUT2D eigenvalue weighted by Crippen LogP contribution is -2.11. The van der Waals surface area contributed by atoms with Gasteiger partial charge in [0.05, 0.1) is 11.1 Å². The van der Waals surface area contributed by atoms with Gasteiger partial charge < -0.3 is 4.42 Å². The van der Waals surface area contributed by atoms with Crippen molar-refractivity contribution in [2.45, 2.75) is 29.4 Å². The van der Waals surface area contributed by atoms with Gasteiger partial charge in [-0.3, -0.25) is 4.72 Å². The molecule has 1 fully saturated rings. The van der Waals surface area contributed by atoms with E-state index in [0.717, 1.165) is 34.9 Å². The lowest BCUT2D eigenvalue weighted by Gasteiger charge is -2.21. The molecule has 0 aliphatic heterocycles. The maximum atomic E-state index is 12.5. The number of rotatable bonds is 5. The maximum Gasteiger partial charge on any atom is 0.271 e. The summed E-state index contributed by atoms with van der Waals surface area (Å²) >= 11 is 6.97. The second kappa shape index (κ2) is 6.48. The molecule has 1 aromatic carbocycles. The molecule has 1 N–H and O–H groups in total. The van der Waals surface area contributed by atoms with Crippen LogP contribution in [0.5, 0.6) is 0 Å². The van der Waals surface area contributed by atoms with Gasteiger partial charge in [-0.2, -0.15) is 0 Å². The SMILES string of the molecule is O=S(=O)(Nc1ccc(Cl)cc1)c1ccc(-c2cnc(C3CCC3)o2)s1. The molecule has 3 aromatic rings. The first-order valence-electron chi connectivity index (χ1n) is 7.85. The maximum absolute atomic E-state index is 12.5. The minimum atomic E-state index is -3.65. The van der Waals surface area contributed by atoms with Gasteiger partial charge in [0, 0.05) is 16.6 Å². The number of hydrogen-bond donors (Lipinski definition) is 1. The summed E-state index contributed by atoms with van der Waals surface area (Å²) in [5, 5.41) is 0.550. The number of nitrogens with one attached hydrogen (secondary N) is 1. The van der Waals surface area contributed by atoms with Gasteiger partial charge in [0.15, 0.2) is 11.7 Å². The summed E-state index contributed by atoms with van der Waals surface area (Å²) in [6, 6.07) is 9.83. The number of aromatic nitrogens is 1. The van der Waals surface area contributed by atoms with Crippen LogP contribution >= 0.6 is 22.9 Å². The Morgan fingerprint density at radius 1 is 1.16 bits per heavy atom. The highest BCUT2D eigenvalue weighted by Crippen LogP contribution is 2.38. The van der Waals surface area contributed by atoms with E-state index in [4.69, 9.17) is 16.0 Å². The third-order valence-electron chi connectivity index (χ3n) is 4.16. The van der Waals surface area contributed by atoms with E-state index < -0.39 is 10.0 Å². The van der Waals surface area contributed by atoms with Crippen LogP contribution in [0, 0.1) is 0 Å². The fourth-order valence-electron chi connectivity index (χ4n) is 2.57. The molecule has 4 rings (SSSR count). The number of halogens is 1. The summed E-state index contributed by atoms with van der Waals surface area (Å²) in [7, 11) is -3.65. The van der Waals surface area contributed by atoms with Crippen LogP contribution in [0.2, 0.25) is 5.02 Å². The summed E-state index contributed by atoms with van der Waals surface area (Å²) in [6.07, 6.45) is 5.09. The highest BCUT2D eigenvalue weighted by molar-refractivity contribution is 7.94. The normalized spacial score (nSPS) is 15.1. The summed E-state index contributed by atoms with van der Waals surface area (Å²) in [6.45, 7) is 0. The Labute approximate surface area is 154 Å². The van der Waals surface area contributed by atoms with Crippen LogP contribution in [0.3, 0.4) is 0 Å². The van der Waals surface area contributed by atoms with Gasteiger partial charge in [0.2, 0.25) is 0 Å². The number of hydrogen-bond acceptors (Lipinski definition) is 5. The zero-order valence-electron chi connectivity index (χ0n) is 13.1. The van der Waals surface area contributed by atoms with E-state index in [9.17, 15) is 8.42 Å². The fraction of sp³-hybridized carbons (Fsp3) is 0.235. The van der Waals surface area contributed by atoms with Gasteiger partial charge in [-0.15, -0.1) is 11.3 Å². The Balaban J connectivity index is 1.55. The van der Waals surface area contributed by atoms with Crippen molar-refractivity contribution >= 4 is 38.6 Å².